The van der Waals surface area contributed by atoms with Crippen molar-refractivity contribution in [2.75, 3.05) is 7.05 Å². The van der Waals surface area contributed by atoms with Crippen molar-refractivity contribution in [2.45, 2.75) is 13.1 Å². The van der Waals surface area contributed by atoms with Crippen LogP contribution in [0.15, 0.2) is 57.5 Å². The van der Waals surface area contributed by atoms with Crippen molar-refractivity contribution >= 4 is 52.9 Å². The average Bonchev–Trinajstić information content (AvgIpc) is 3.26. The van der Waals surface area contributed by atoms with E-state index in [0.717, 1.165) is 21.2 Å². The van der Waals surface area contributed by atoms with E-state index in [4.69, 9.17) is 16.0 Å². The van der Waals surface area contributed by atoms with E-state index in [9.17, 15) is 0 Å². The van der Waals surface area contributed by atoms with Gasteiger partial charge in [-0.15, -0.1) is 35.3 Å². The molecule has 132 valence electrons. The molecule has 0 saturated heterocycles. The Kier molecular flexibility index (Phi) is 7.73. The van der Waals surface area contributed by atoms with E-state index in [1.165, 1.54) is 0 Å². The minimum atomic E-state index is 0. The molecule has 25 heavy (non-hydrogen) atoms. The zero-order chi connectivity index (χ0) is 16.8. The highest BCUT2D eigenvalue weighted by molar-refractivity contribution is 14.0. The van der Waals surface area contributed by atoms with Gasteiger partial charge < -0.3 is 15.1 Å². The van der Waals surface area contributed by atoms with Crippen LogP contribution in [0.1, 0.15) is 11.3 Å². The second-order valence-electron chi connectivity index (χ2n) is 5.03. The van der Waals surface area contributed by atoms with Crippen molar-refractivity contribution in [1.29, 1.82) is 0 Å². The van der Waals surface area contributed by atoms with Gasteiger partial charge in [-0.05, 0) is 29.1 Å². The highest BCUT2D eigenvalue weighted by atomic mass is 127. The van der Waals surface area contributed by atoms with E-state index >= 15 is 0 Å². The SMILES string of the molecule is CN=C(NCc1cccc(Cl)c1)NCc1coc(-c2cccs2)n1.I. The number of aliphatic imine (C=N–C) groups is 1. The predicted octanol–water partition coefficient (Wildman–Crippen LogP) is 4.54. The molecule has 0 aliphatic rings. The van der Waals surface area contributed by atoms with Gasteiger partial charge in [0.2, 0.25) is 5.89 Å². The Bertz CT molecular complexity index is 820. The molecule has 1 aromatic carbocycles. The number of oxazole rings is 1. The molecule has 0 amide bonds. The van der Waals surface area contributed by atoms with Crippen LogP contribution in [0.3, 0.4) is 0 Å². The lowest BCUT2D eigenvalue weighted by atomic mass is 10.2. The van der Waals surface area contributed by atoms with Crippen LogP contribution in [0.2, 0.25) is 5.02 Å². The van der Waals surface area contributed by atoms with Gasteiger partial charge in [0.05, 0.1) is 17.1 Å². The maximum Gasteiger partial charge on any atom is 0.236 e. The monoisotopic (exact) mass is 488 g/mol. The van der Waals surface area contributed by atoms with Crippen molar-refractivity contribution in [1.82, 2.24) is 15.6 Å². The molecule has 0 bridgehead atoms. The van der Waals surface area contributed by atoms with E-state index in [2.05, 4.69) is 20.6 Å². The number of hydrogen-bond donors (Lipinski definition) is 2. The van der Waals surface area contributed by atoms with Crippen LogP contribution in [-0.2, 0) is 13.1 Å². The van der Waals surface area contributed by atoms with Crippen molar-refractivity contribution in [2.24, 2.45) is 4.99 Å². The van der Waals surface area contributed by atoms with Crippen molar-refractivity contribution in [3.8, 4) is 10.8 Å². The van der Waals surface area contributed by atoms with Gasteiger partial charge >= 0.3 is 0 Å². The van der Waals surface area contributed by atoms with Gasteiger partial charge in [0.1, 0.15) is 6.26 Å². The zero-order valence-electron chi connectivity index (χ0n) is 13.5. The molecule has 8 heteroatoms. The van der Waals surface area contributed by atoms with Crippen LogP contribution in [0.5, 0.6) is 0 Å². The molecule has 0 aliphatic heterocycles. The van der Waals surface area contributed by atoms with Crippen LogP contribution in [0.4, 0.5) is 0 Å². The van der Waals surface area contributed by atoms with E-state index in [1.54, 1.807) is 24.6 Å². The van der Waals surface area contributed by atoms with Crippen molar-refractivity contribution in [3.63, 3.8) is 0 Å². The second-order valence-corrected chi connectivity index (χ2v) is 6.41. The number of nitrogens with one attached hydrogen (secondary N) is 2. The molecule has 2 aromatic heterocycles. The fourth-order valence-corrected chi connectivity index (χ4v) is 3.00. The highest BCUT2D eigenvalue weighted by Crippen LogP contribution is 2.23. The number of guanidine groups is 1. The van der Waals surface area contributed by atoms with Gasteiger partial charge in [-0.3, -0.25) is 4.99 Å². The highest BCUT2D eigenvalue weighted by Gasteiger charge is 2.08. The Morgan fingerprint density at radius 3 is 2.80 bits per heavy atom. The summed E-state index contributed by atoms with van der Waals surface area (Å²) < 4.78 is 5.50. The number of benzene rings is 1. The number of aromatic nitrogens is 1. The molecular formula is C17H18ClIN4OS. The summed E-state index contributed by atoms with van der Waals surface area (Å²) in [5.41, 5.74) is 1.91. The first-order valence-electron chi connectivity index (χ1n) is 7.42. The predicted molar refractivity (Wildman–Crippen MR) is 114 cm³/mol. The van der Waals surface area contributed by atoms with Crippen molar-refractivity contribution in [3.05, 3.63) is 64.3 Å². The molecule has 3 rings (SSSR count). The molecular weight excluding hydrogens is 471 g/mol. The maximum absolute atomic E-state index is 5.99. The molecule has 0 unspecified atom stereocenters. The third-order valence-electron chi connectivity index (χ3n) is 3.29. The van der Waals surface area contributed by atoms with E-state index in [0.29, 0.717) is 24.9 Å². The number of halogens is 2. The Balaban J connectivity index is 0.00000225. The first kappa shape index (κ1) is 19.7. The van der Waals surface area contributed by atoms with E-state index < -0.39 is 0 Å². The molecule has 0 spiro atoms. The lowest BCUT2D eigenvalue weighted by Gasteiger charge is -2.11. The Morgan fingerprint density at radius 1 is 1.24 bits per heavy atom. The van der Waals surface area contributed by atoms with Gasteiger partial charge in [-0.25, -0.2) is 4.98 Å². The van der Waals surface area contributed by atoms with Gasteiger partial charge in [-0.1, -0.05) is 29.8 Å². The first-order valence-corrected chi connectivity index (χ1v) is 8.67. The van der Waals surface area contributed by atoms with E-state index in [1.807, 2.05) is 41.8 Å². The summed E-state index contributed by atoms with van der Waals surface area (Å²) in [5, 5.41) is 9.18. The number of thiophene rings is 1. The molecule has 3 aromatic rings. The smallest absolute Gasteiger partial charge is 0.236 e. The molecule has 2 heterocycles. The average molecular weight is 489 g/mol. The third kappa shape index (κ3) is 5.72. The van der Waals surface area contributed by atoms with Crippen molar-refractivity contribution < 1.29 is 4.42 Å². The molecule has 0 aliphatic carbocycles. The van der Waals surface area contributed by atoms with Crippen LogP contribution >= 0.6 is 46.9 Å². The van der Waals surface area contributed by atoms with E-state index in [-0.39, 0.29) is 24.0 Å². The summed E-state index contributed by atoms with van der Waals surface area (Å²) in [5.74, 6) is 1.33. The lowest BCUT2D eigenvalue weighted by molar-refractivity contribution is 0.573. The first-order chi connectivity index (χ1) is 11.7. The fraction of sp³-hybridized carbons (Fsp3) is 0.176. The summed E-state index contributed by atoms with van der Waals surface area (Å²) in [4.78, 5) is 9.69. The zero-order valence-corrected chi connectivity index (χ0v) is 17.4. The van der Waals surface area contributed by atoms with Gasteiger partial charge in [0, 0.05) is 18.6 Å². The standard InChI is InChI=1S/C17H17ClN4OS.HI/c1-19-17(20-9-12-4-2-5-13(18)8-12)21-10-14-11-23-16(22-14)15-6-3-7-24-15;/h2-8,11H,9-10H2,1H3,(H2,19,20,21);1H. The van der Waals surface area contributed by atoms with Crippen LogP contribution in [0, 0.1) is 0 Å². The lowest BCUT2D eigenvalue weighted by Crippen LogP contribution is -2.36. The Hall–Kier alpha value is -1.58. The molecule has 2 N–H and O–H groups in total. The van der Waals surface area contributed by atoms with Gasteiger partial charge in [-0.2, -0.15) is 0 Å². The molecule has 0 saturated carbocycles. The molecule has 0 atom stereocenters. The van der Waals surface area contributed by atoms with Crippen LogP contribution in [0.25, 0.3) is 10.8 Å². The maximum atomic E-state index is 5.99. The topological polar surface area (TPSA) is 62.5 Å². The second kappa shape index (κ2) is 9.79. The quantitative estimate of drug-likeness (QED) is 0.314. The summed E-state index contributed by atoms with van der Waals surface area (Å²) in [6.07, 6.45) is 1.66. The Morgan fingerprint density at radius 2 is 2.08 bits per heavy atom. The molecule has 0 radical (unpaired) electrons. The largest absolute Gasteiger partial charge is 0.443 e. The third-order valence-corrected chi connectivity index (χ3v) is 4.39. The number of hydrogen-bond acceptors (Lipinski definition) is 4. The summed E-state index contributed by atoms with van der Waals surface area (Å²) in [7, 11) is 1.73. The summed E-state index contributed by atoms with van der Waals surface area (Å²) in [6, 6.07) is 11.7. The minimum absolute atomic E-state index is 0. The normalized spacial score (nSPS) is 11.0. The number of nitrogens with zero attached hydrogens (tertiary/aromatic N) is 2. The van der Waals surface area contributed by atoms with Crippen LogP contribution in [-0.4, -0.2) is 18.0 Å². The van der Waals surface area contributed by atoms with Gasteiger partial charge in [0.15, 0.2) is 5.96 Å². The summed E-state index contributed by atoms with van der Waals surface area (Å²) >= 11 is 7.59. The molecule has 0 fully saturated rings. The number of rotatable bonds is 5. The van der Waals surface area contributed by atoms with Gasteiger partial charge in [0.25, 0.3) is 0 Å². The Labute approximate surface area is 172 Å². The van der Waals surface area contributed by atoms with Crippen LogP contribution < -0.4 is 10.6 Å². The molecule has 5 nitrogen and oxygen atoms in total. The fourth-order valence-electron chi connectivity index (χ4n) is 2.13. The summed E-state index contributed by atoms with van der Waals surface area (Å²) in [6.45, 7) is 1.17. The minimum Gasteiger partial charge on any atom is -0.443 e.